The van der Waals surface area contributed by atoms with Crippen LogP contribution in [0.5, 0.6) is 0 Å². The van der Waals surface area contributed by atoms with Gasteiger partial charge in [-0.2, -0.15) is 0 Å². The van der Waals surface area contributed by atoms with Crippen LogP contribution < -0.4 is 0 Å². The van der Waals surface area contributed by atoms with Crippen LogP contribution in [0.1, 0.15) is 0 Å². The van der Waals surface area contributed by atoms with E-state index < -0.39 is 0 Å². The summed E-state index contributed by atoms with van der Waals surface area (Å²) >= 11 is 0. The first kappa shape index (κ1) is 38.0. The van der Waals surface area contributed by atoms with Gasteiger partial charge in [-0.3, -0.25) is 0 Å². The van der Waals surface area contributed by atoms with E-state index in [1.165, 1.54) is 16.7 Å². The van der Waals surface area contributed by atoms with Crippen LogP contribution in [0.25, 0.3) is 123 Å². The van der Waals surface area contributed by atoms with Gasteiger partial charge in [-0.15, -0.1) is 0 Å². The lowest BCUT2D eigenvalue weighted by Crippen LogP contribution is -2.00. The molecule has 0 radical (unpaired) electrons. The molecule has 65 heavy (non-hydrogen) atoms. The Morgan fingerprint density at radius 2 is 0.754 bits per heavy atom. The lowest BCUT2D eigenvalue weighted by molar-refractivity contribution is 0.670. The molecule has 0 unspecified atom stereocenters. The smallest absolute Gasteiger partial charge is 0.164 e. The van der Waals surface area contributed by atoms with Gasteiger partial charge < -0.3 is 4.42 Å². The van der Waals surface area contributed by atoms with Gasteiger partial charge in [0.15, 0.2) is 17.5 Å². The van der Waals surface area contributed by atoms with E-state index in [0.717, 1.165) is 88.3 Å². The Morgan fingerprint density at radius 3 is 1.45 bits per heavy atom. The number of benzene rings is 10. The lowest BCUT2D eigenvalue weighted by Gasteiger charge is -2.13. The van der Waals surface area contributed by atoms with Crippen LogP contribution in [0.3, 0.4) is 0 Å². The van der Waals surface area contributed by atoms with Gasteiger partial charge in [-0.05, 0) is 85.1 Å². The largest absolute Gasteiger partial charge is 0.455 e. The molecule has 4 nitrogen and oxygen atoms in total. The van der Waals surface area contributed by atoms with Gasteiger partial charge in [0.25, 0.3) is 0 Å². The SMILES string of the molecule is c1ccc(-c2ccc(-c3nc(-c4ccc5ccc(-c6ccccc6)cc5c4)nc(-c4cccc5oc6c(-c7ccc(-c8ccccc8)c(-c8ccccc8)c7)cccc6c45)n3)cc2)cc1. The number of aromatic nitrogens is 3. The maximum atomic E-state index is 6.87. The minimum absolute atomic E-state index is 0.576. The van der Waals surface area contributed by atoms with Crippen LogP contribution in [0.2, 0.25) is 0 Å². The molecule has 10 aromatic carbocycles. The minimum Gasteiger partial charge on any atom is -0.455 e. The third-order valence-electron chi connectivity index (χ3n) is 12.4. The highest BCUT2D eigenvalue weighted by atomic mass is 16.3. The predicted octanol–water partition coefficient (Wildman–Crippen LogP) is 16.3. The Bertz CT molecular complexity index is 3680. The van der Waals surface area contributed by atoms with E-state index >= 15 is 0 Å². The van der Waals surface area contributed by atoms with Crippen molar-refractivity contribution in [1.29, 1.82) is 0 Å². The molecule has 0 spiro atoms. The van der Waals surface area contributed by atoms with E-state index in [9.17, 15) is 0 Å². The maximum absolute atomic E-state index is 6.87. The average Bonchev–Trinajstić information content (AvgIpc) is 3.78. The van der Waals surface area contributed by atoms with Crippen molar-refractivity contribution in [1.82, 2.24) is 15.0 Å². The fourth-order valence-electron chi connectivity index (χ4n) is 9.09. The van der Waals surface area contributed by atoms with E-state index in [-0.39, 0.29) is 0 Å². The summed E-state index contributed by atoms with van der Waals surface area (Å²) in [6.07, 6.45) is 0. The third-order valence-corrected chi connectivity index (χ3v) is 12.4. The maximum Gasteiger partial charge on any atom is 0.164 e. The third kappa shape index (κ3) is 7.13. The first-order valence-electron chi connectivity index (χ1n) is 21.9. The average molecular weight is 830 g/mol. The Kier molecular flexibility index (Phi) is 9.46. The Labute approximate surface area is 376 Å². The van der Waals surface area contributed by atoms with Crippen molar-refractivity contribution in [2.75, 3.05) is 0 Å². The monoisotopic (exact) mass is 829 g/mol. The molecule has 0 aliphatic rings. The van der Waals surface area contributed by atoms with Gasteiger partial charge in [-0.1, -0.05) is 212 Å². The van der Waals surface area contributed by atoms with Gasteiger partial charge in [0.2, 0.25) is 0 Å². The molecule has 304 valence electrons. The van der Waals surface area contributed by atoms with E-state index in [4.69, 9.17) is 19.4 Å². The van der Waals surface area contributed by atoms with Gasteiger partial charge >= 0.3 is 0 Å². The highest BCUT2D eigenvalue weighted by Crippen LogP contribution is 2.43. The molecule has 0 fully saturated rings. The molecule has 0 aliphatic carbocycles. The predicted molar refractivity (Wildman–Crippen MR) is 268 cm³/mol. The fraction of sp³-hybridized carbons (Fsp3) is 0. The van der Waals surface area contributed by atoms with Crippen molar-refractivity contribution in [2.45, 2.75) is 0 Å². The summed E-state index contributed by atoms with van der Waals surface area (Å²) in [5, 5.41) is 4.22. The molecule has 0 saturated carbocycles. The Hall–Kier alpha value is -8.73. The number of hydrogen-bond acceptors (Lipinski definition) is 4. The molecule has 12 aromatic rings. The molecular weight excluding hydrogens is 791 g/mol. The summed E-state index contributed by atoms with van der Waals surface area (Å²) in [5.41, 5.74) is 15.7. The molecule has 2 heterocycles. The van der Waals surface area contributed by atoms with Gasteiger partial charge in [0, 0.05) is 33.0 Å². The van der Waals surface area contributed by atoms with E-state index in [2.05, 4.69) is 212 Å². The molecular formula is C61H39N3O. The van der Waals surface area contributed by atoms with Crippen LogP contribution in [0.4, 0.5) is 0 Å². The number of para-hydroxylation sites is 1. The quantitative estimate of drug-likeness (QED) is 0.153. The minimum atomic E-state index is 0.576. The van der Waals surface area contributed by atoms with Crippen molar-refractivity contribution < 1.29 is 4.42 Å². The zero-order valence-corrected chi connectivity index (χ0v) is 35.3. The molecule has 4 heteroatoms. The fourth-order valence-corrected chi connectivity index (χ4v) is 9.09. The lowest BCUT2D eigenvalue weighted by atomic mass is 9.90. The standard InChI is InChI=1S/C61H39N3O/c1-5-15-40(16-6-1)42-27-31-46(32-28-42)59-62-60(49-34-30-43-29-33-47(37-50(43)38-49)41-17-7-2-8-18-41)64-61(63-59)54-25-14-26-56-57(54)53-24-13-23-52(58(53)65-56)48-35-36-51(44-19-9-3-10-20-44)55(39-48)45-21-11-4-12-22-45/h1-39H. The van der Waals surface area contributed by atoms with Crippen LogP contribution in [0.15, 0.2) is 241 Å². The number of nitrogens with zero attached hydrogens (tertiary/aromatic N) is 3. The second-order valence-electron chi connectivity index (χ2n) is 16.3. The second-order valence-corrected chi connectivity index (χ2v) is 16.3. The van der Waals surface area contributed by atoms with Crippen LogP contribution >= 0.6 is 0 Å². The molecule has 0 atom stereocenters. The summed E-state index contributed by atoms with van der Waals surface area (Å²) in [6.45, 7) is 0. The van der Waals surface area contributed by atoms with Crippen molar-refractivity contribution >= 4 is 32.7 Å². The summed E-state index contributed by atoms with van der Waals surface area (Å²) in [5.74, 6) is 1.77. The topological polar surface area (TPSA) is 51.8 Å². The number of fused-ring (bicyclic) bond motifs is 4. The summed E-state index contributed by atoms with van der Waals surface area (Å²) in [7, 11) is 0. The van der Waals surface area contributed by atoms with Gasteiger partial charge in [0.05, 0.1) is 0 Å². The zero-order valence-electron chi connectivity index (χ0n) is 35.3. The summed E-state index contributed by atoms with van der Waals surface area (Å²) in [6, 6.07) is 82.9. The second kappa shape index (κ2) is 16.2. The molecule has 0 saturated heterocycles. The van der Waals surface area contributed by atoms with Crippen LogP contribution in [-0.2, 0) is 0 Å². The number of rotatable bonds is 8. The normalized spacial score (nSPS) is 11.4. The van der Waals surface area contributed by atoms with E-state index in [1.54, 1.807) is 0 Å². The molecule has 0 amide bonds. The highest BCUT2D eigenvalue weighted by molar-refractivity contribution is 6.15. The van der Waals surface area contributed by atoms with Crippen molar-refractivity contribution in [3.8, 4) is 89.8 Å². The van der Waals surface area contributed by atoms with Crippen molar-refractivity contribution in [2.24, 2.45) is 0 Å². The van der Waals surface area contributed by atoms with Gasteiger partial charge in [0.1, 0.15) is 11.2 Å². The van der Waals surface area contributed by atoms with E-state index in [1.807, 2.05) is 24.3 Å². The Morgan fingerprint density at radius 1 is 0.262 bits per heavy atom. The zero-order chi connectivity index (χ0) is 43.1. The molecule has 0 bridgehead atoms. The number of furan rings is 1. The van der Waals surface area contributed by atoms with Gasteiger partial charge in [-0.25, -0.2) is 15.0 Å². The first-order chi connectivity index (χ1) is 32.2. The van der Waals surface area contributed by atoms with Crippen LogP contribution in [0, 0.1) is 0 Å². The summed E-state index contributed by atoms with van der Waals surface area (Å²) in [4.78, 5) is 15.7. The Balaban J connectivity index is 1.02. The molecule has 0 N–H and O–H groups in total. The summed E-state index contributed by atoms with van der Waals surface area (Å²) < 4.78 is 6.87. The van der Waals surface area contributed by atoms with Crippen LogP contribution in [-0.4, -0.2) is 15.0 Å². The first-order valence-corrected chi connectivity index (χ1v) is 21.9. The molecule has 12 rings (SSSR count). The van der Waals surface area contributed by atoms with E-state index in [0.29, 0.717) is 17.5 Å². The highest BCUT2D eigenvalue weighted by Gasteiger charge is 2.21. The van der Waals surface area contributed by atoms with Crippen molar-refractivity contribution in [3.63, 3.8) is 0 Å². The van der Waals surface area contributed by atoms with Crippen molar-refractivity contribution in [3.05, 3.63) is 237 Å². The molecule has 2 aromatic heterocycles. The number of hydrogen-bond donors (Lipinski definition) is 0. The molecule has 0 aliphatic heterocycles.